The van der Waals surface area contributed by atoms with Crippen LogP contribution in [0.5, 0.6) is 0 Å². The maximum absolute atomic E-state index is 6.38. The van der Waals surface area contributed by atoms with Gasteiger partial charge in [0.15, 0.2) is 5.58 Å². The smallest absolute Gasteiger partial charge is 0.179 e. The van der Waals surface area contributed by atoms with Crippen LogP contribution in [-0.4, -0.2) is 9.97 Å². The Morgan fingerprint density at radius 1 is 0.759 bits per heavy atom. The van der Waals surface area contributed by atoms with Crippen LogP contribution in [0.2, 0.25) is 0 Å². The molecule has 3 nitrogen and oxygen atoms in total. The third kappa shape index (κ3) is 3.57. The van der Waals surface area contributed by atoms with Crippen LogP contribution in [0.1, 0.15) is 48.6 Å². The van der Waals surface area contributed by atoms with Gasteiger partial charge < -0.3 is 4.42 Å². The molecule has 148 valence electrons. The van der Waals surface area contributed by atoms with Crippen molar-refractivity contribution in [3.8, 4) is 22.6 Å². The summed E-state index contributed by atoms with van der Waals surface area (Å²) in [6.07, 6.45) is 1.62. The predicted octanol–water partition coefficient (Wildman–Crippen LogP) is 7.09. The van der Waals surface area contributed by atoms with E-state index in [9.17, 15) is 0 Å². The van der Waals surface area contributed by atoms with Crippen LogP contribution < -0.4 is 0 Å². The summed E-state index contributed by atoms with van der Waals surface area (Å²) in [5.41, 5.74) is 10.9. The van der Waals surface area contributed by atoms with Crippen molar-refractivity contribution in [2.24, 2.45) is 0 Å². The Labute approximate surface area is 172 Å². The standard InChI is InChI=1S/C26H28N2O/c1-15-8-16(2)10-19(9-15)24-25-21(27-14-28-24)13-22(29-25)23-17(3)11-20(12-18(23)4)26(5,6)7/h8-14H,1-7H3. The van der Waals surface area contributed by atoms with Gasteiger partial charge in [0.2, 0.25) is 0 Å². The number of aromatic nitrogens is 2. The summed E-state index contributed by atoms with van der Waals surface area (Å²) >= 11 is 0. The Hall–Kier alpha value is -2.94. The zero-order valence-electron chi connectivity index (χ0n) is 18.3. The Morgan fingerprint density at radius 2 is 1.38 bits per heavy atom. The summed E-state index contributed by atoms with van der Waals surface area (Å²) in [4.78, 5) is 9.02. The van der Waals surface area contributed by atoms with Crippen molar-refractivity contribution in [1.82, 2.24) is 9.97 Å². The largest absolute Gasteiger partial charge is 0.452 e. The zero-order valence-corrected chi connectivity index (χ0v) is 18.3. The number of fused-ring (bicyclic) bond motifs is 1. The van der Waals surface area contributed by atoms with Gasteiger partial charge in [-0.3, -0.25) is 0 Å². The summed E-state index contributed by atoms with van der Waals surface area (Å²) in [5.74, 6) is 0.849. The summed E-state index contributed by atoms with van der Waals surface area (Å²) in [7, 11) is 0. The van der Waals surface area contributed by atoms with Crippen LogP contribution >= 0.6 is 0 Å². The highest BCUT2D eigenvalue weighted by atomic mass is 16.3. The first-order valence-corrected chi connectivity index (χ1v) is 10.1. The minimum absolute atomic E-state index is 0.115. The molecule has 0 amide bonds. The molecule has 0 radical (unpaired) electrons. The van der Waals surface area contributed by atoms with Gasteiger partial charge in [-0.25, -0.2) is 9.97 Å². The van der Waals surface area contributed by atoms with Gasteiger partial charge >= 0.3 is 0 Å². The number of benzene rings is 2. The fourth-order valence-corrected chi connectivity index (χ4v) is 4.08. The molecule has 4 rings (SSSR count). The van der Waals surface area contributed by atoms with Gasteiger partial charge in [-0.2, -0.15) is 0 Å². The molecule has 0 N–H and O–H groups in total. The fraction of sp³-hybridized carbons (Fsp3) is 0.308. The van der Waals surface area contributed by atoms with Crippen LogP contribution in [-0.2, 0) is 5.41 Å². The van der Waals surface area contributed by atoms with E-state index < -0.39 is 0 Å². The van der Waals surface area contributed by atoms with Crippen LogP contribution in [0.3, 0.4) is 0 Å². The molecule has 0 saturated heterocycles. The second-order valence-corrected chi connectivity index (χ2v) is 9.16. The highest BCUT2D eigenvalue weighted by molar-refractivity contribution is 5.91. The number of hydrogen-bond acceptors (Lipinski definition) is 3. The van der Waals surface area contributed by atoms with E-state index in [0.717, 1.165) is 33.7 Å². The van der Waals surface area contributed by atoms with E-state index in [2.05, 4.69) is 88.8 Å². The van der Waals surface area contributed by atoms with E-state index >= 15 is 0 Å². The molecule has 0 atom stereocenters. The number of hydrogen-bond donors (Lipinski definition) is 0. The molecule has 0 aliphatic rings. The molecule has 2 heterocycles. The molecule has 3 heteroatoms. The molecule has 0 aliphatic carbocycles. The molecule has 0 fully saturated rings. The Balaban J connectivity index is 1.90. The Kier molecular flexibility index (Phi) is 4.57. The monoisotopic (exact) mass is 384 g/mol. The van der Waals surface area contributed by atoms with Crippen LogP contribution in [0.15, 0.2) is 47.1 Å². The topological polar surface area (TPSA) is 38.9 Å². The van der Waals surface area contributed by atoms with Gasteiger partial charge in [-0.15, -0.1) is 0 Å². The van der Waals surface area contributed by atoms with Crippen molar-refractivity contribution in [2.75, 3.05) is 0 Å². The van der Waals surface area contributed by atoms with Gasteiger partial charge in [0.05, 0.1) is 0 Å². The van der Waals surface area contributed by atoms with Gasteiger partial charge in [0.25, 0.3) is 0 Å². The summed E-state index contributed by atoms with van der Waals surface area (Å²) < 4.78 is 6.38. The van der Waals surface area contributed by atoms with E-state index in [1.165, 1.54) is 27.8 Å². The minimum atomic E-state index is 0.115. The lowest BCUT2D eigenvalue weighted by Crippen LogP contribution is -2.12. The van der Waals surface area contributed by atoms with E-state index in [0.29, 0.717) is 0 Å². The van der Waals surface area contributed by atoms with Crippen molar-refractivity contribution in [2.45, 2.75) is 53.9 Å². The van der Waals surface area contributed by atoms with Crippen molar-refractivity contribution in [3.05, 3.63) is 70.5 Å². The van der Waals surface area contributed by atoms with Gasteiger partial charge in [-0.1, -0.05) is 50.1 Å². The van der Waals surface area contributed by atoms with E-state index in [-0.39, 0.29) is 5.41 Å². The van der Waals surface area contributed by atoms with Crippen molar-refractivity contribution >= 4 is 11.1 Å². The molecular formula is C26H28N2O. The van der Waals surface area contributed by atoms with E-state index in [1.54, 1.807) is 6.33 Å². The predicted molar refractivity (Wildman–Crippen MR) is 120 cm³/mol. The Morgan fingerprint density at radius 3 is 1.97 bits per heavy atom. The number of furan rings is 1. The summed E-state index contributed by atoms with van der Waals surface area (Å²) in [6.45, 7) is 15.2. The van der Waals surface area contributed by atoms with Gasteiger partial charge in [0, 0.05) is 17.2 Å². The number of rotatable bonds is 2. The molecule has 4 aromatic rings. The van der Waals surface area contributed by atoms with Crippen LogP contribution in [0.25, 0.3) is 33.7 Å². The lowest BCUT2D eigenvalue weighted by molar-refractivity contribution is 0.588. The summed E-state index contributed by atoms with van der Waals surface area (Å²) in [6, 6.07) is 13.0. The van der Waals surface area contributed by atoms with Crippen LogP contribution in [0, 0.1) is 27.7 Å². The molecule has 0 aliphatic heterocycles. The normalized spacial score (nSPS) is 12.0. The van der Waals surface area contributed by atoms with E-state index in [4.69, 9.17) is 4.42 Å². The summed E-state index contributed by atoms with van der Waals surface area (Å²) in [5, 5.41) is 0. The second kappa shape index (κ2) is 6.84. The van der Waals surface area contributed by atoms with Crippen molar-refractivity contribution in [3.63, 3.8) is 0 Å². The molecule has 2 aromatic heterocycles. The Bertz CT molecular complexity index is 1180. The van der Waals surface area contributed by atoms with E-state index in [1.807, 2.05) is 6.07 Å². The third-order valence-corrected chi connectivity index (χ3v) is 5.45. The lowest BCUT2D eigenvalue weighted by Gasteiger charge is -2.21. The molecule has 0 saturated carbocycles. The average Bonchev–Trinajstić information content (AvgIpc) is 3.02. The number of nitrogens with zero attached hydrogens (tertiary/aromatic N) is 2. The van der Waals surface area contributed by atoms with Crippen molar-refractivity contribution < 1.29 is 4.42 Å². The SMILES string of the molecule is Cc1cc(C)cc(-c2ncnc3cc(-c4c(C)cc(C(C)(C)C)cc4C)oc23)c1. The second-order valence-electron chi connectivity index (χ2n) is 9.16. The lowest BCUT2D eigenvalue weighted by atomic mass is 9.83. The quantitative estimate of drug-likeness (QED) is 0.370. The maximum Gasteiger partial charge on any atom is 0.179 e. The number of aryl methyl sites for hydroxylation is 4. The van der Waals surface area contributed by atoms with Gasteiger partial charge in [0.1, 0.15) is 23.3 Å². The zero-order chi connectivity index (χ0) is 20.9. The third-order valence-electron chi connectivity index (χ3n) is 5.45. The average molecular weight is 385 g/mol. The van der Waals surface area contributed by atoms with Crippen LogP contribution in [0.4, 0.5) is 0 Å². The first-order valence-electron chi connectivity index (χ1n) is 10.1. The van der Waals surface area contributed by atoms with Crippen molar-refractivity contribution in [1.29, 1.82) is 0 Å². The minimum Gasteiger partial charge on any atom is -0.452 e. The molecular weight excluding hydrogens is 356 g/mol. The van der Waals surface area contributed by atoms with Gasteiger partial charge in [-0.05, 0) is 61.9 Å². The molecule has 0 unspecified atom stereocenters. The first-order chi connectivity index (χ1) is 13.6. The molecule has 2 aromatic carbocycles. The molecule has 29 heavy (non-hydrogen) atoms. The maximum atomic E-state index is 6.38. The highest BCUT2D eigenvalue weighted by Crippen LogP contribution is 2.37. The highest BCUT2D eigenvalue weighted by Gasteiger charge is 2.20. The molecule has 0 bridgehead atoms. The molecule has 0 spiro atoms. The fourth-order valence-electron chi connectivity index (χ4n) is 4.08. The first kappa shape index (κ1) is 19.4.